The van der Waals surface area contributed by atoms with Gasteiger partial charge < -0.3 is 19.4 Å². The molecule has 10 heteroatoms. The number of esters is 1. The summed E-state index contributed by atoms with van der Waals surface area (Å²) in [5, 5.41) is 18.0. The third kappa shape index (κ3) is 2.79. The molecule has 0 atom stereocenters. The first-order chi connectivity index (χ1) is 9.51. The van der Waals surface area contributed by atoms with E-state index < -0.39 is 10.9 Å². The lowest BCUT2D eigenvalue weighted by molar-refractivity contribution is -0.389. The summed E-state index contributed by atoms with van der Waals surface area (Å²) in [6.07, 6.45) is 0. The molecule has 20 heavy (non-hydrogen) atoms. The van der Waals surface area contributed by atoms with Crippen LogP contribution in [0.25, 0.3) is 0 Å². The van der Waals surface area contributed by atoms with Gasteiger partial charge in [-0.15, -0.1) is 0 Å². The maximum absolute atomic E-state index is 11.3. The number of nitrogens with zero attached hydrogens (tertiary/aromatic N) is 5. The Hall–Kier alpha value is -2.78. The number of carbonyl (C=O) groups excluding carboxylic acids is 1. The minimum Gasteiger partial charge on any atom is -0.459 e. The zero-order valence-corrected chi connectivity index (χ0v) is 10.8. The monoisotopic (exact) mass is 281 g/mol. The van der Waals surface area contributed by atoms with Crippen LogP contribution in [0.15, 0.2) is 10.6 Å². The fraction of sp³-hybridized carbons (Fsp3) is 0.400. The summed E-state index contributed by atoms with van der Waals surface area (Å²) in [4.78, 5) is 25.2. The first kappa shape index (κ1) is 13.6. The molecule has 2 aromatic rings. The van der Waals surface area contributed by atoms with Gasteiger partial charge in [-0.25, -0.2) is 4.79 Å². The van der Waals surface area contributed by atoms with Gasteiger partial charge in [-0.2, -0.15) is 9.67 Å². The summed E-state index contributed by atoms with van der Waals surface area (Å²) in [6.45, 7) is 3.57. The van der Waals surface area contributed by atoms with Crippen LogP contribution in [0.1, 0.15) is 29.1 Å². The van der Waals surface area contributed by atoms with Gasteiger partial charge in [0.2, 0.25) is 0 Å². The zero-order valence-electron chi connectivity index (χ0n) is 10.8. The van der Waals surface area contributed by atoms with E-state index in [0.717, 1.165) is 0 Å². The van der Waals surface area contributed by atoms with Gasteiger partial charge in [-0.3, -0.25) is 0 Å². The van der Waals surface area contributed by atoms with Crippen molar-refractivity contribution in [3.8, 4) is 0 Å². The Labute approximate surface area is 112 Å². The molecule has 0 spiro atoms. The Balaban J connectivity index is 2.14. The fourth-order valence-electron chi connectivity index (χ4n) is 1.47. The van der Waals surface area contributed by atoms with Crippen LogP contribution in [-0.4, -0.2) is 37.4 Å². The Morgan fingerprint density at radius 2 is 2.35 bits per heavy atom. The van der Waals surface area contributed by atoms with E-state index in [2.05, 4.69) is 15.2 Å². The molecular formula is C10H11N5O5. The third-order valence-corrected chi connectivity index (χ3v) is 2.36. The lowest BCUT2D eigenvalue weighted by atomic mass is 10.4. The predicted octanol–water partition coefficient (Wildman–Crippen LogP) is 0.708. The van der Waals surface area contributed by atoms with Crippen LogP contribution < -0.4 is 0 Å². The van der Waals surface area contributed by atoms with Crippen molar-refractivity contribution in [2.24, 2.45) is 0 Å². The molecule has 0 fully saturated rings. The summed E-state index contributed by atoms with van der Waals surface area (Å²) in [5.41, 5.74) is 0.569. The summed E-state index contributed by atoms with van der Waals surface area (Å²) < 4.78 is 10.8. The number of rotatable bonds is 5. The van der Waals surface area contributed by atoms with Gasteiger partial charge in [-0.05, 0) is 18.8 Å². The molecule has 0 N–H and O–H groups in total. The summed E-state index contributed by atoms with van der Waals surface area (Å²) in [6, 6.07) is 1.33. The van der Waals surface area contributed by atoms with Gasteiger partial charge in [0.15, 0.2) is 5.82 Å². The first-order valence-corrected chi connectivity index (χ1v) is 5.69. The average Bonchev–Trinajstić information content (AvgIpc) is 2.98. The molecule has 2 heterocycles. The molecule has 0 amide bonds. The van der Waals surface area contributed by atoms with Crippen LogP contribution in [0.3, 0.4) is 0 Å². The maximum atomic E-state index is 11.3. The lowest BCUT2D eigenvalue weighted by Gasteiger charge is -1.94. The molecule has 10 nitrogen and oxygen atoms in total. The van der Waals surface area contributed by atoms with E-state index in [0.29, 0.717) is 5.69 Å². The smallest absolute Gasteiger partial charge is 0.397 e. The molecule has 0 unspecified atom stereocenters. The van der Waals surface area contributed by atoms with E-state index >= 15 is 0 Å². The van der Waals surface area contributed by atoms with E-state index in [1.54, 1.807) is 13.8 Å². The van der Waals surface area contributed by atoms with E-state index in [1.165, 1.54) is 10.7 Å². The number of aromatic nitrogens is 4. The normalized spacial score (nSPS) is 10.5. The van der Waals surface area contributed by atoms with E-state index in [4.69, 9.17) is 9.26 Å². The molecule has 2 aromatic heterocycles. The highest BCUT2D eigenvalue weighted by atomic mass is 16.6. The van der Waals surface area contributed by atoms with Crippen molar-refractivity contribution in [1.29, 1.82) is 0 Å². The molecule has 0 aliphatic heterocycles. The quantitative estimate of drug-likeness (QED) is 0.445. The maximum Gasteiger partial charge on any atom is 0.397 e. The summed E-state index contributed by atoms with van der Waals surface area (Å²) in [7, 11) is 0. The van der Waals surface area contributed by atoms with E-state index in [1.807, 2.05) is 0 Å². The highest BCUT2D eigenvalue weighted by Gasteiger charge is 2.20. The van der Waals surface area contributed by atoms with Gasteiger partial charge in [0, 0.05) is 0 Å². The molecular weight excluding hydrogens is 270 g/mol. The number of hydrogen-bond donors (Lipinski definition) is 0. The minimum atomic E-state index is -0.714. The van der Waals surface area contributed by atoms with Crippen LogP contribution in [0, 0.1) is 17.0 Å². The molecule has 106 valence electrons. The number of ether oxygens (including phenoxy) is 1. The standard InChI is InChI=1S/C10H11N5O5/c1-3-19-10(16)9-11-7(13-20-9)5-14-6(2)4-8(12-14)15(17)18/h4H,3,5H2,1-2H3. The molecule has 0 aliphatic carbocycles. The summed E-state index contributed by atoms with van der Waals surface area (Å²) >= 11 is 0. The van der Waals surface area contributed by atoms with Crippen molar-refractivity contribution in [1.82, 2.24) is 19.9 Å². The van der Waals surface area contributed by atoms with Gasteiger partial charge >= 0.3 is 17.7 Å². The Morgan fingerprint density at radius 3 is 2.95 bits per heavy atom. The SMILES string of the molecule is CCOC(=O)c1nc(Cn2nc([N+](=O)[O-])cc2C)no1. The molecule has 0 bridgehead atoms. The number of hydrogen-bond acceptors (Lipinski definition) is 8. The predicted molar refractivity (Wildman–Crippen MR) is 63.0 cm³/mol. The van der Waals surface area contributed by atoms with Crippen molar-refractivity contribution >= 4 is 11.8 Å². The Morgan fingerprint density at radius 1 is 1.60 bits per heavy atom. The number of nitro groups is 1. The van der Waals surface area contributed by atoms with Gasteiger partial charge in [0.05, 0.1) is 23.5 Å². The van der Waals surface area contributed by atoms with Crippen molar-refractivity contribution in [2.45, 2.75) is 20.4 Å². The third-order valence-electron chi connectivity index (χ3n) is 2.36. The average molecular weight is 281 g/mol. The van der Waals surface area contributed by atoms with Crippen LogP contribution in [0.2, 0.25) is 0 Å². The van der Waals surface area contributed by atoms with Gasteiger partial charge in [-0.1, -0.05) is 5.16 Å². The van der Waals surface area contributed by atoms with Crippen molar-refractivity contribution < 1.29 is 19.0 Å². The van der Waals surface area contributed by atoms with Gasteiger partial charge in [0.25, 0.3) is 0 Å². The fourth-order valence-corrected chi connectivity index (χ4v) is 1.47. The number of carbonyl (C=O) groups is 1. The minimum absolute atomic E-state index is 0.0581. The largest absolute Gasteiger partial charge is 0.459 e. The van der Waals surface area contributed by atoms with Crippen LogP contribution >= 0.6 is 0 Å². The second-order valence-electron chi connectivity index (χ2n) is 3.79. The molecule has 0 aliphatic rings. The Bertz CT molecular complexity index is 646. The van der Waals surface area contributed by atoms with Crippen molar-refractivity contribution in [3.63, 3.8) is 0 Å². The highest BCUT2D eigenvalue weighted by Crippen LogP contribution is 2.12. The molecule has 0 aromatic carbocycles. The molecule has 0 radical (unpaired) electrons. The van der Waals surface area contributed by atoms with Gasteiger partial charge in [0.1, 0.15) is 6.54 Å². The second kappa shape index (κ2) is 5.47. The second-order valence-corrected chi connectivity index (χ2v) is 3.79. The molecule has 0 saturated heterocycles. The van der Waals surface area contributed by atoms with Crippen LogP contribution in [-0.2, 0) is 11.3 Å². The topological polar surface area (TPSA) is 126 Å². The molecule has 2 rings (SSSR count). The lowest BCUT2D eigenvalue weighted by Crippen LogP contribution is -2.07. The van der Waals surface area contributed by atoms with E-state index in [9.17, 15) is 14.9 Å². The Kier molecular flexibility index (Phi) is 3.73. The van der Waals surface area contributed by atoms with Crippen molar-refractivity contribution in [2.75, 3.05) is 6.61 Å². The molecule has 0 saturated carbocycles. The summed E-state index contributed by atoms with van der Waals surface area (Å²) in [5.74, 6) is -1.07. The highest BCUT2D eigenvalue weighted by molar-refractivity contribution is 5.83. The van der Waals surface area contributed by atoms with E-state index in [-0.39, 0.29) is 30.7 Å². The van der Waals surface area contributed by atoms with Crippen molar-refractivity contribution in [3.05, 3.63) is 33.6 Å². The first-order valence-electron chi connectivity index (χ1n) is 5.69. The van der Waals surface area contributed by atoms with Crippen LogP contribution in [0.4, 0.5) is 5.82 Å². The number of aryl methyl sites for hydroxylation is 1. The van der Waals surface area contributed by atoms with Crippen LogP contribution in [0.5, 0.6) is 0 Å². The zero-order chi connectivity index (χ0) is 14.7.